The lowest BCUT2D eigenvalue weighted by atomic mass is 10.2. The van der Waals surface area contributed by atoms with Gasteiger partial charge < -0.3 is 5.32 Å². The Balaban J connectivity index is 2.61. The highest BCUT2D eigenvalue weighted by Gasteiger charge is 2.28. The van der Waals surface area contributed by atoms with E-state index >= 15 is 0 Å². The number of hydrogen-bond acceptors (Lipinski definition) is 4. The Morgan fingerprint density at radius 2 is 2.13 bits per heavy atom. The molecule has 0 bridgehead atoms. The van der Waals surface area contributed by atoms with Crippen molar-refractivity contribution < 1.29 is 8.42 Å². The molecular weight excluding hydrogens is 232 g/mol. The number of fused-ring (bicyclic) bond motifs is 1. The number of rotatable bonds is 1. The van der Waals surface area contributed by atoms with Crippen molar-refractivity contribution in [3.05, 3.63) is 10.9 Å². The highest BCUT2D eigenvalue weighted by atomic mass is 32.2. The molecule has 1 N–H and O–H groups in total. The van der Waals surface area contributed by atoms with E-state index in [1.165, 1.54) is 11.3 Å². The molecule has 1 aromatic heterocycles. The lowest BCUT2D eigenvalue weighted by Gasteiger charge is -2.18. The van der Waals surface area contributed by atoms with E-state index in [0.29, 0.717) is 15.7 Å². The minimum absolute atomic E-state index is 0.0761. The molecule has 0 aromatic carbocycles. The number of nitrogens with one attached hydrogen (secondary N) is 1. The Hall–Kier alpha value is -0.880. The fourth-order valence-corrected chi connectivity index (χ4v) is 3.87. The van der Waals surface area contributed by atoms with Crippen LogP contribution in [-0.4, -0.2) is 14.3 Å². The number of aryl methyl sites for hydroxylation is 1. The molecule has 0 saturated carbocycles. The van der Waals surface area contributed by atoms with Crippen molar-refractivity contribution in [2.24, 2.45) is 10.3 Å². The summed E-state index contributed by atoms with van der Waals surface area (Å²) < 4.78 is 27.6. The van der Waals surface area contributed by atoms with E-state index in [9.17, 15) is 8.42 Å². The van der Waals surface area contributed by atoms with Crippen LogP contribution in [0.5, 0.6) is 0 Å². The first-order chi connectivity index (χ1) is 6.92. The third-order valence-electron chi connectivity index (χ3n) is 2.19. The van der Waals surface area contributed by atoms with Gasteiger partial charge in [-0.1, -0.05) is 13.8 Å². The third-order valence-corrected chi connectivity index (χ3v) is 5.11. The maximum atomic E-state index is 11.8. The van der Waals surface area contributed by atoms with Crippen molar-refractivity contribution in [3.8, 4) is 0 Å². The van der Waals surface area contributed by atoms with Crippen molar-refractivity contribution in [1.82, 2.24) is 0 Å². The molecule has 0 atom stereocenters. The summed E-state index contributed by atoms with van der Waals surface area (Å²) in [6, 6.07) is 0. The van der Waals surface area contributed by atoms with E-state index in [0.717, 1.165) is 5.56 Å². The van der Waals surface area contributed by atoms with Crippen molar-refractivity contribution in [2.75, 3.05) is 5.32 Å². The fraction of sp³-hybridized carbons (Fsp3) is 0.444. The predicted molar refractivity (Wildman–Crippen MR) is 62.1 cm³/mol. The van der Waals surface area contributed by atoms with Crippen molar-refractivity contribution in [1.29, 1.82) is 0 Å². The van der Waals surface area contributed by atoms with Gasteiger partial charge in [-0.3, -0.25) is 0 Å². The molecule has 1 aromatic rings. The summed E-state index contributed by atoms with van der Waals surface area (Å²) in [5, 5.41) is 4.91. The monoisotopic (exact) mass is 244 g/mol. The second-order valence-electron chi connectivity index (χ2n) is 3.81. The van der Waals surface area contributed by atoms with Gasteiger partial charge in [0, 0.05) is 5.92 Å². The average Bonchev–Trinajstić information content (AvgIpc) is 2.47. The molecule has 2 heterocycles. The standard InChI is InChI=1S/C9H12N2O2S2/c1-5(2)8-10-7-6(3)4-14-9(7)15(12,13)11-8/h4-5H,1-3H3,(H,10,11). The number of anilines is 1. The molecule has 0 amide bonds. The number of amidine groups is 1. The molecule has 0 spiro atoms. The van der Waals surface area contributed by atoms with E-state index < -0.39 is 10.0 Å². The molecule has 0 fully saturated rings. The van der Waals surface area contributed by atoms with E-state index in [1.807, 2.05) is 26.2 Å². The summed E-state index contributed by atoms with van der Waals surface area (Å²) in [6.45, 7) is 5.71. The Morgan fingerprint density at radius 3 is 2.73 bits per heavy atom. The second-order valence-corrected chi connectivity index (χ2v) is 6.49. The smallest absolute Gasteiger partial charge is 0.295 e. The maximum Gasteiger partial charge on any atom is 0.295 e. The molecule has 0 radical (unpaired) electrons. The lowest BCUT2D eigenvalue weighted by Crippen LogP contribution is -2.25. The van der Waals surface area contributed by atoms with Gasteiger partial charge in [-0.2, -0.15) is 8.42 Å². The van der Waals surface area contributed by atoms with Gasteiger partial charge in [0.15, 0.2) is 4.21 Å². The Bertz CT molecular complexity index is 526. The highest BCUT2D eigenvalue weighted by molar-refractivity contribution is 7.92. The number of hydrogen-bond donors (Lipinski definition) is 1. The Labute approximate surface area is 93.1 Å². The molecule has 2 rings (SSSR count). The summed E-state index contributed by atoms with van der Waals surface area (Å²) in [4.78, 5) is 0. The van der Waals surface area contributed by atoms with Gasteiger partial charge in [0.25, 0.3) is 10.0 Å². The zero-order valence-corrected chi connectivity index (χ0v) is 10.4. The molecule has 15 heavy (non-hydrogen) atoms. The van der Waals surface area contributed by atoms with Crippen LogP contribution in [0.3, 0.4) is 0 Å². The average molecular weight is 244 g/mol. The van der Waals surface area contributed by atoms with E-state index in [1.54, 1.807) is 0 Å². The summed E-state index contributed by atoms with van der Waals surface area (Å²) in [5.74, 6) is 0.594. The van der Waals surface area contributed by atoms with Crippen LogP contribution in [0.2, 0.25) is 0 Å². The number of sulfonamides is 1. The minimum Gasteiger partial charge on any atom is -0.341 e. The van der Waals surface area contributed by atoms with Gasteiger partial charge in [0.1, 0.15) is 5.84 Å². The lowest BCUT2D eigenvalue weighted by molar-refractivity contribution is 0.599. The van der Waals surface area contributed by atoms with Gasteiger partial charge in [-0.25, -0.2) is 0 Å². The SMILES string of the molecule is Cc1csc2c1NC(C(C)C)=NS2(=O)=O. The fourth-order valence-electron chi connectivity index (χ4n) is 1.33. The molecule has 6 heteroatoms. The van der Waals surface area contributed by atoms with Crippen LogP contribution in [-0.2, 0) is 10.0 Å². The predicted octanol–water partition coefficient (Wildman–Crippen LogP) is 2.23. The van der Waals surface area contributed by atoms with E-state index in [-0.39, 0.29) is 5.92 Å². The van der Waals surface area contributed by atoms with Gasteiger partial charge in [0.2, 0.25) is 0 Å². The zero-order valence-electron chi connectivity index (χ0n) is 8.73. The summed E-state index contributed by atoms with van der Waals surface area (Å²) in [5.41, 5.74) is 1.64. The van der Waals surface area contributed by atoms with E-state index in [4.69, 9.17) is 0 Å². The van der Waals surface area contributed by atoms with Crippen LogP contribution in [0, 0.1) is 12.8 Å². The van der Waals surface area contributed by atoms with Crippen molar-refractivity contribution in [3.63, 3.8) is 0 Å². The van der Waals surface area contributed by atoms with Crippen LogP contribution < -0.4 is 5.32 Å². The summed E-state index contributed by atoms with van der Waals surface area (Å²) >= 11 is 1.22. The van der Waals surface area contributed by atoms with Crippen LogP contribution >= 0.6 is 11.3 Å². The van der Waals surface area contributed by atoms with Gasteiger partial charge in [0.05, 0.1) is 5.69 Å². The van der Waals surface area contributed by atoms with Crippen molar-refractivity contribution in [2.45, 2.75) is 25.0 Å². The van der Waals surface area contributed by atoms with Crippen LogP contribution in [0.15, 0.2) is 14.0 Å². The molecule has 0 unspecified atom stereocenters. The molecule has 1 aliphatic heterocycles. The van der Waals surface area contributed by atoms with Gasteiger partial charge in [-0.15, -0.1) is 15.7 Å². The quantitative estimate of drug-likeness (QED) is 0.824. The molecule has 0 aliphatic carbocycles. The molecule has 0 saturated heterocycles. The molecular formula is C9H12N2O2S2. The number of thiophene rings is 1. The molecule has 4 nitrogen and oxygen atoms in total. The largest absolute Gasteiger partial charge is 0.341 e. The Kier molecular flexibility index (Phi) is 2.35. The van der Waals surface area contributed by atoms with Gasteiger partial charge >= 0.3 is 0 Å². The normalized spacial score (nSPS) is 18.3. The molecule has 82 valence electrons. The highest BCUT2D eigenvalue weighted by Crippen LogP contribution is 2.36. The van der Waals surface area contributed by atoms with Crippen LogP contribution in [0.4, 0.5) is 5.69 Å². The first-order valence-electron chi connectivity index (χ1n) is 4.62. The zero-order chi connectivity index (χ0) is 11.2. The Morgan fingerprint density at radius 1 is 1.47 bits per heavy atom. The van der Waals surface area contributed by atoms with Crippen molar-refractivity contribution >= 4 is 32.9 Å². The van der Waals surface area contributed by atoms with E-state index in [2.05, 4.69) is 9.71 Å². The first kappa shape index (κ1) is 10.6. The summed E-state index contributed by atoms with van der Waals surface area (Å²) in [7, 11) is -3.47. The maximum absolute atomic E-state index is 11.8. The third kappa shape index (κ3) is 1.68. The van der Waals surface area contributed by atoms with Gasteiger partial charge in [-0.05, 0) is 17.9 Å². The minimum atomic E-state index is -3.47. The topological polar surface area (TPSA) is 58.5 Å². The van der Waals surface area contributed by atoms with Crippen LogP contribution in [0.1, 0.15) is 19.4 Å². The molecule has 1 aliphatic rings. The second kappa shape index (κ2) is 3.31. The first-order valence-corrected chi connectivity index (χ1v) is 6.94. The van der Waals surface area contributed by atoms with Crippen LogP contribution in [0.25, 0.3) is 0 Å². The number of nitrogens with zero attached hydrogens (tertiary/aromatic N) is 1. The summed E-state index contributed by atoms with van der Waals surface area (Å²) in [6.07, 6.45) is 0.